The summed E-state index contributed by atoms with van der Waals surface area (Å²) < 4.78 is 0. The van der Waals surface area contributed by atoms with Crippen molar-refractivity contribution in [1.82, 2.24) is 21.1 Å². The maximum absolute atomic E-state index is 12.5. The van der Waals surface area contributed by atoms with Crippen molar-refractivity contribution < 1.29 is 9.59 Å². The molecule has 2 fully saturated rings. The Morgan fingerprint density at radius 2 is 2.04 bits per heavy atom. The van der Waals surface area contributed by atoms with Crippen LogP contribution in [0.15, 0.2) is 4.99 Å². The lowest BCUT2D eigenvalue weighted by Gasteiger charge is -2.23. The highest BCUT2D eigenvalue weighted by atomic mass is 32.2. The molecule has 2 aliphatic rings. The fraction of sp³-hybridized carbons (Fsp3) is 0.824. The van der Waals surface area contributed by atoms with Gasteiger partial charge in [0.2, 0.25) is 17.8 Å². The molecule has 1 saturated heterocycles. The summed E-state index contributed by atoms with van der Waals surface area (Å²) in [5.74, 6) is 2.11. The maximum Gasteiger partial charge on any atom is 0.242 e. The number of aliphatic imine (C=N–C) groups is 1. The average Bonchev–Trinajstić information content (AvgIpc) is 2.90. The highest BCUT2D eigenvalue weighted by Gasteiger charge is 2.38. The number of thioether (sulfide) groups is 1. The summed E-state index contributed by atoms with van der Waals surface area (Å²) in [4.78, 5) is 30.1. The second-order valence-electron chi connectivity index (χ2n) is 6.61. The molecule has 3 N–H and O–H groups in total. The minimum atomic E-state index is -0.218. The lowest BCUT2D eigenvalue weighted by molar-refractivity contribution is -0.138. The summed E-state index contributed by atoms with van der Waals surface area (Å²) in [6.07, 6.45) is 7.75. The zero-order valence-electron chi connectivity index (χ0n) is 15.3. The molecule has 25 heavy (non-hydrogen) atoms. The quantitative estimate of drug-likeness (QED) is 0.195. The molecule has 0 aromatic carbocycles. The van der Waals surface area contributed by atoms with Gasteiger partial charge in [0.15, 0.2) is 0 Å². The van der Waals surface area contributed by atoms with Crippen LogP contribution in [0.3, 0.4) is 0 Å². The first kappa shape index (κ1) is 20.0. The predicted molar refractivity (Wildman–Crippen MR) is 102 cm³/mol. The minimum absolute atomic E-state index is 0.0000193. The van der Waals surface area contributed by atoms with Crippen molar-refractivity contribution in [2.75, 3.05) is 32.9 Å². The van der Waals surface area contributed by atoms with E-state index in [4.69, 9.17) is 0 Å². The second-order valence-corrected chi connectivity index (χ2v) is 7.92. The molecule has 1 heterocycles. The number of carbonyl (C=O) groups excluding carboxylic acids is 2. The zero-order chi connectivity index (χ0) is 18.1. The van der Waals surface area contributed by atoms with Gasteiger partial charge in [0.05, 0.1) is 5.25 Å². The van der Waals surface area contributed by atoms with Crippen molar-refractivity contribution >= 4 is 29.5 Å². The van der Waals surface area contributed by atoms with Gasteiger partial charge in [-0.05, 0) is 12.3 Å². The first-order chi connectivity index (χ1) is 12.2. The van der Waals surface area contributed by atoms with Crippen LogP contribution in [-0.4, -0.2) is 60.9 Å². The number of imide groups is 1. The Balaban J connectivity index is 1.65. The summed E-state index contributed by atoms with van der Waals surface area (Å²) in [7, 11) is 3.48. The van der Waals surface area contributed by atoms with Crippen molar-refractivity contribution in [3.05, 3.63) is 0 Å². The highest BCUT2D eigenvalue weighted by Crippen LogP contribution is 2.29. The molecule has 1 aliphatic heterocycles. The van der Waals surface area contributed by atoms with Crippen LogP contribution in [-0.2, 0) is 9.59 Å². The van der Waals surface area contributed by atoms with Crippen LogP contribution in [0, 0.1) is 5.92 Å². The number of carbonyl (C=O) groups is 2. The monoisotopic (exact) mass is 369 g/mol. The van der Waals surface area contributed by atoms with E-state index >= 15 is 0 Å². The average molecular weight is 370 g/mol. The molecule has 1 unspecified atom stereocenters. The van der Waals surface area contributed by atoms with Gasteiger partial charge < -0.3 is 5.32 Å². The van der Waals surface area contributed by atoms with Crippen LogP contribution in [0.25, 0.3) is 0 Å². The van der Waals surface area contributed by atoms with Crippen LogP contribution >= 0.6 is 11.8 Å². The number of nitrogens with one attached hydrogen (secondary N) is 3. The SMILES string of the molecule is CN=C(NC)NNCCSC1CC(=O)N(CCC2CCCCC2)C1=O. The third kappa shape index (κ3) is 6.18. The first-order valence-corrected chi connectivity index (χ1v) is 10.3. The Hall–Kier alpha value is -1.28. The first-order valence-electron chi connectivity index (χ1n) is 9.25. The Morgan fingerprint density at radius 1 is 1.28 bits per heavy atom. The Kier molecular flexibility index (Phi) is 8.54. The molecular weight excluding hydrogens is 338 g/mol. The predicted octanol–water partition coefficient (Wildman–Crippen LogP) is 1.12. The van der Waals surface area contributed by atoms with Gasteiger partial charge in [-0.25, -0.2) is 5.43 Å². The number of amides is 2. The third-order valence-corrected chi connectivity index (χ3v) is 6.11. The van der Waals surface area contributed by atoms with Crippen LogP contribution in [0.2, 0.25) is 0 Å². The van der Waals surface area contributed by atoms with E-state index in [2.05, 4.69) is 21.2 Å². The largest absolute Gasteiger partial charge is 0.358 e. The van der Waals surface area contributed by atoms with E-state index in [1.165, 1.54) is 37.0 Å². The number of rotatable bonds is 8. The van der Waals surface area contributed by atoms with Gasteiger partial charge >= 0.3 is 0 Å². The van der Waals surface area contributed by atoms with Gasteiger partial charge in [0.25, 0.3) is 0 Å². The van der Waals surface area contributed by atoms with Crippen LogP contribution in [0.1, 0.15) is 44.9 Å². The van der Waals surface area contributed by atoms with Gasteiger partial charge in [-0.3, -0.25) is 24.9 Å². The molecule has 1 aliphatic carbocycles. The number of guanidine groups is 1. The molecule has 7 nitrogen and oxygen atoms in total. The Bertz CT molecular complexity index is 480. The molecule has 1 saturated carbocycles. The van der Waals surface area contributed by atoms with E-state index < -0.39 is 0 Å². The maximum atomic E-state index is 12.5. The standard InChI is InChI=1S/C17H31N5O2S/c1-18-17(19-2)21-20-9-11-25-14-12-15(23)22(16(14)24)10-8-13-6-4-3-5-7-13/h13-14,20H,3-12H2,1-2H3,(H2,18,19,21). The summed E-state index contributed by atoms with van der Waals surface area (Å²) in [6, 6.07) is 0. The third-order valence-electron chi connectivity index (χ3n) is 4.90. The van der Waals surface area contributed by atoms with Gasteiger partial charge in [-0.1, -0.05) is 32.1 Å². The summed E-state index contributed by atoms with van der Waals surface area (Å²) >= 11 is 1.55. The van der Waals surface area contributed by atoms with Crippen molar-refractivity contribution in [3.63, 3.8) is 0 Å². The van der Waals surface area contributed by atoms with Crippen molar-refractivity contribution in [1.29, 1.82) is 0 Å². The number of hydrogen-bond donors (Lipinski definition) is 3. The molecule has 0 bridgehead atoms. The van der Waals surface area contributed by atoms with Crippen molar-refractivity contribution in [3.8, 4) is 0 Å². The Labute approximate surface area is 154 Å². The van der Waals surface area contributed by atoms with Gasteiger partial charge in [-0.2, -0.15) is 0 Å². The van der Waals surface area contributed by atoms with Crippen molar-refractivity contribution in [2.24, 2.45) is 10.9 Å². The summed E-state index contributed by atoms with van der Waals surface area (Å²) in [5.41, 5.74) is 5.99. The van der Waals surface area contributed by atoms with Crippen LogP contribution < -0.4 is 16.2 Å². The molecule has 0 spiro atoms. The van der Waals surface area contributed by atoms with Gasteiger partial charge in [-0.15, -0.1) is 11.8 Å². The normalized spacial score (nSPS) is 22.6. The minimum Gasteiger partial charge on any atom is -0.358 e. The number of likely N-dealkylation sites (tertiary alicyclic amines) is 1. The lowest BCUT2D eigenvalue weighted by atomic mass is 9.87. The molecule has 0 aromatic heterocycles. The lowest BCUT2D eigenvalue weighted by Crippen LogP contribution is -2.44. The van der Waals surface area contributed by atoms with E-state index in [0.29, 0.717) is 31.4 Å². The summed E-state index contributed by atoms with van der Waals surface area (Å²) in [5, 5.41) is 2.69. The van der Waals surface area contributed by atoms with Gasteiger partial charge in [0.1, 0.15) is 0 Å². The molecule has 8 heteroatoms. The number of nitrogens with zero attached hydrogens (tertiary/aromatic N) is 2. The van der Waals surface area contributed by atoms with E-state index in [9.17, 15) is 9.59 Å². The van der Waals surface area contributed by atoms with E-state index in [-0.39, 0.29) is 17.1 Å². The molecule has 0 radical (unpaired) electrons. The van der Waals surface area contributed by atoms with E-state index in [1.54, 1.807) is 25.9 Å². The van der Waals surface area contributed by atoms with E-state index in [1.807, 2.05) is 0 Å². The second kappa shape index (κ2) is 10.7. The number of hydrazine groups is 1. The highest BCUT2D eigenvalue weighted by molar-refractivity contribution is 8.00. The smallest absolute Gasteiger partial charge is 0.242 e. The molecule has 2 amide bonds. The number of hydrogen-bond acceptors (Lipinski definition) is 5. The van der Waals surface area contributed by atoms with Crippen molar-refractivity contribution in [2.45, 2.75) is 50.2 Å². The molecule has 142 valence electrons. The molecule has 0 aromatic rings. The van der Waals surface area contributed by atoms with E-state index in [0.717, 1.165) is 12.2 Å². The molecule has 2 rings (SSSR count). The van der Waals surface area contributed by atoms with Crippen LogP contribution in [0.5, 0.6) is 0 Å². The topological polar surface area (TPSA) is 85.8 Å². The Morgan fingerprint density at radius 3 is 2.72 bits per heavy atom. The van der Waals surface area contributed by atoms with Gasteiger partial charge in [0, 0.05) is 39.4 Å². The molecule has 1 atom stereocenters. The zero-order valence-corrected chi connectivity index (χ0v) is 16.2. The molecular formula is C17H31N5O2S. The summed E-state index contributed by atoms with van der Waals surface area (Å²) in [6.45, 7) is 1.29. The fourth-order valence-corrected chi connectivity index (χ4v) is 4.47. The fourth-order valence-electron chi connectivity index (χ4n) is 3.43. The van der Waals surface area contributed by atoms with Crippen LogP contribution in [0.4, 0.5) is 0 Å².